The Balaban J connectivity index is 2.40. The van der Waals surface area contributed by atoms with E-state index in [4.69, 9.17) is 0 Å². The van der Waals surface area contributed by atoms with Crippen LogP contribution in [0.15, 0.2) is 61.3 Å². The van der Waals surface area contributed by atoms with Crippen LogP contribution < -0.4 is 0 Å². The van der Waals surface area contributed by atoms with Crippen molar-refractivity contribution in [3.63, 3.8) is 0 Å². The quantitative estimate of drug-likeness (QED) is 0.717. The number of phenolic OH excluding ortho intramolecular Hbond substituents is 1. The van der Waals surface area contributed by atoms with Crippen molar-refractivity contribution < 1.29 is 5.11 Å². The molecule has 23 heavy (non-hydrogen) atoms. The Morgan fingerprint density at radius 1 is 1.00 bits per heavy atom. The van der Waals surface area contributed by atoms with Crippen molar-refractivity contribution in [2.75, 3.05) is 0 Å². The van der Waals surface area contributed by atoms with Crippen LogP contribution in [0.5, 0.6) is 5.75 Å². The third-order valence-corrected chi connectivity index (χ3v) is 4.02. The summed E-state index contributed by atoms with van der Waals surface area (Å²) in [4.78, 5) is 4.46. The number of benzene rings is 1. The summed E-state index contributed by atoms with van der Waals surface area (Å²) < 4.78 is 0. The van der Waals surface area contributed by atoms with Crippen molar-refractivity contribution >= 4 is 16.7 Å². The largest absolute Gasteiger partial charge is 0.508 e. The van der Waals surface area contributed by atoms with E-state index in [-0.39, 0.29) is 5.75 Å². The van der Waals surface area contributed by atoms with Crippen LogP contribution in [0.3, 0.4) is 0 Å². The highest BCUT2D eigenvalue weighted by atomic mass is 16.3. The molecule has 0 aliphatic carbocycles. The normalized spacial score (nSPS) is 11.8. The topological polar surface area (TPSA) is 33.1 Å². The number of hydrogen-bond acceptors (Lipinski definition) is 2. The van der Waals surface area contributed by atoms with E-state index in [2.05, 4.69) is 38.1 Å². The Kier molecular flexibility index (Phi) is 5.17. The maximum atomic E-state index is 9.44. The first-order chi connectivity index (χ1) is 10.9. The highest BCUT2D eigenvalue weighted by Crippen LogP contribution is 2.31. The summed E-state index contributed by atoms with van der Waals surface area (Å²) in [6.45, 7) is 14.3. The number of pyridine rings is 1. The highest BCUT2D eigenvalue weighted by Gasteiger charge is 2.10. The van der Waals surface area contributed by atoms with Gasteiger partial charge < -0.3 is 5.11 Å². The van der Waals surface area contributed by atoms with Crippen LogP contribution in [0.2, 0.25) is 0 Å². The molecule has 0 fully saturated rings. The summed E-state index contributed by atoms with van der Waals surface area (Å²) >= 11 is 0. The molecule has 2 aromatic rings. The lowest BCUT2D eigenvalue weighted by atomic mass is 9.91. The van der Waals surface area contributed by atoms with Crippen LogP contribution >= 0.6 is 0 Å². The van der Waals surface area contributed by atoms with Crippen molar-refractivity contribution in [3.8, 4) is 5.75 Å². The van der Waals surface area contributed by atoms with E-state index in [0.29, 0.717) is 0 Å². The zero-order valence-electron chi connectivity index (χ0n) is 14.1. The van der Waals surface area contributed by atoms with Gasteiger partial charge in [0.1, 0.15) is 5.75 Å². The molecular weight excluding hydrogens is 282 g/mol. The first-order valence-electron chi connectivity index (χ1n) is 7.74. The number of nitrogens with zero attached hydrogens (tertiary/aromatic N) is 1. The monoisotopic (exact) mass is 305 g/mol. The van der Waals surface area contributed by atoms with E-state index in [0.717, 1.165) is 34.4 Å². The summed E-state index contributed by atoms with van der Waals surface area (Å²) in [5.74, 6) is 0.264. The van der Waals surface area contributed by atoms with Crippen LogP contribution in [-0.4, -0.2) is 10.1 Å². The van der Waals surface area contributed by atoms with E-state index >= 15 is 0 Å². The highest BCUT2D eigenvalue weighted by molar-refractivity contribution is 5.87. The number of aromatic hydroxyl groups is 1. The molecule has 0 radical (unpaired) electrons. The second-order valence-electron chi connectivity index (χ2n) is 5.69. The van der Waals surface area contributed by atoms with Gasteiger partial charge in [-0.25, -0.2) is 0 Å². The fourth-order valence-electron chi connectivity index (χ4n) is 2.58. The number of aromatic nitrogens is 1. The van der Waals surface area contributed by atoms with Crippen molar-refractivity contribution in [2.45, 2.75) is 27.2 Å². The van der Waals surface area contributed by atoms with Gasteiger partial charge in [-0.2, -0.15) is 0 Å². The third-order valence-electron chi connectivity index (χ3n) is 4.02. The van der Waals surface area contributed by atoms with E-state index < -0.39 is 0 Å². The van der Waals surface area contributed by atoms with Crippen LogP contribution in [0.4, 0.5) is 0 Å². The average molecular weight is 305 g/mol. The average Bonchev–Trinajstić information content (AvgIpc) is 2.56. The van der Waals surface area contributed by atoms with Gasteiger partial charge >= 0.3 is 0 Å². The molecule has 0 spiro atoms. The minimum atomic E-state index is 0.264. The molecule has 2 heteroatoms. The Hall–Kier alpha value is -2.61. The molecule has 0 atom stereocenters. The second kappa shape index (κ2) is 7.10. The molecule has 1 heterocycles. The Bertz CT molecular complexity index is 749. The minimum Gasteiger partial charge on any atom is -0.508 e. The summed E-state index contributed by atoms with van der Waals surface area (Å²) in [5.41, 5.74) is 7.33. The van der Waals surface area contributed by atoms with Gasteiger partial charge in [0, 0.05) is 6.20 Å². The molecular formula is C21H23NO. The van der Waals surface area contributed by atoms with Crippen LogP contribution in [0, 0.1) is 0 Å². The number of rotatable bonds is 5. The van der Waals surface area contributed by atoms with Crippen LogP contribution in [0.25, 0.3) is 16.7 Å². The summed E-state index contributed by atoms with van der Waals surface area (Å²) in [5, 5.41) is 9.44. The lowest BCUT2D eigenvalue weighted by Gasteiger charge is -2.14. The molecule has 0 amide bonds. The summed E-state index contributed by atoms with van der Waals surface area (Å²) in [7, 11) is 0. The first-order valence-corrected chi connectivity index (χ1v) is 7.74. The van der Waals surface area contributed by atoms with Gasteiger partial charge in [0.25, 0.3) is 0 Å². The first kappa shape index (κ1) is 16.8. The van der Waals surface area contributed by atoms with Crippen molar-refractivity contribution in [2.24, 2.45) is 0 Å². The molecule has 1 N–H and O–H groups in total. The summed E-state index contributed by atoms with van der Waals surface area (Å²) in [6, 6.07) is 11.2. The van der Waals surface area contributed by atoms with Crippen LogP contribution in [-0.2, 0) is 0 Å². The fraction of sp³-hybridized carbons (Fsp3) is 0.190. The molecule has 2 nitrogen and oxygen atoms in total. The molecule has 2 rings (SSSR count). The van der Waals surface area contributed by atoms with Crippen molar-refractivity contribution in [3.05, 3.63) is 78.1 Å². The number of allylic oxidation sites excluding steroid dienone is 4. The molecule has 1 aromatic carbocycles. The molecule has 0 saturated heterocycles. The van der Waals surface area contributed by atoms with Crippen molar-refractivity contribution in [1.82, 2.24) is 4.98 Å². The molecule has 0 unspecified atom stereocenters. The van der Waals surface area contributed by atoms with Gasteiger partial charge in [-0.1, -0.05) is 38.3 Å². The number of phenols is 1. The molecule has 118 valence electrons. The number of hydrogen-bond donors (Lipinski definition) is 1. The van der Waals surface area contributed by atoms with Crippen molar-refractivity contribution in [1.29, 1.82) is 0 Å². The zero-order valence-corrected chi connectivity index (χ0v) is 14.1. The van der Waals surface area contributed by atoms with Gasteiger partial charge in [0.15, 0.2) is 0 Å². The summed E-state index contributed by atoms with van der Waals surface area (Å²) in [6.07, 6.45) is 2.77. The van der Waals surface area contributed by atoms with Gasteiger partial charge in [0.2, 0.25) is 0 Å². The SMILES string of the molecule is C=C(/C(CC)=C(\C)c1ccc(C(=C)C)nc1)c1ccc(O)cc1. The van der Waals surface area contributed by atoms with Gasteiger partial charge in [-0.15, -0.1) is 0 Å². The Morgan fingerprint density at radius 3 is 2.09 bits per heavy atom. The zero-order chi connectivity index (χ0) is 17.0. The van der Waals surface area contributed by atoms with E-state index in [1.807, 2.05) is 31.3 Å². The standard InChI is InChI=1S/C21H23NO/c1-6-20(15(4)17-7-10-19(23)11-8-17)16(5)18-9-12-21(14(2)3)22-13-18/h7-13,23H,2,4,6H2,1,3,5H3/b20-16+. The molecule has 0 aliphatic rings. The van der Waals surface area contributed by atoms with E-state index in [1.165, 1.54) is 11.1 Å². The Labute approximate surface area is 138 Å². The van der Waals surface area contributed by atoms with E-state index in [1.54, 1.807) is 12.1 Å². The molecule has 0 aliphatic heterocycles. The molecule has 0 saturated carbocycles. The predicted molar refractivity (Wildman–Crippen MR) is 99.0 cm³/mol. The minimum absolute atomic E-state index is 0.264. The fourth-order valence-corrected chi connectivity index (χ4v) is 2.58. The lowest BCUT2D eigenvalue weighted by Crippen LogP contribution is -1.94. The van der Waals surface area contributed by atoms with E-state index in [9.17, 15) is 5.11 Å². The van der Waals surface area contributed by atoms with Gasteiger partial charge in [0.05, 0.1) is 5.69 Å². The predicted octanol–water partition coefficient (Wildman–Crippen LogP) is 5.72. The lowest BCUT2D eigenvalue weighted by molar-refractivity contribution is 0.475. The smallest absolute Gasteiger partial charge is 0.115 e. The van der Waals surface area contributed by atoms with Crippen LogP contribution in [0.1, 0.15) is 44.0 Å². The maximum Gasteiger partial charge on any atom is 0.115 e. The maximum absolute atomic E-state index is 9.44. The van der Waals surface area contributed by atoms with Gasteiger partial charge in [-0.05, 0) is 71.9 Å². The second-order valence-corrected chi connectivity index (χ2v) is 5.69. The Morgan fingerprint density at radius 2 is 1.61 bits per heavy atom. The molecule has 1 aromatic heterocycles. The third kappa shape index (κ3) is 3.78. The van der Waals surface area contributed by atoms with Gasteiger partial charge in [-0.3, -0.25) is 4.98 Å². The molecule has 0 bridgehead atoms.